The van der Waals surface area contributed by atoms with Crippen LogP contribution in [0.3, 0.4) is 0 Å². The molecule has 2 amide bonds. The Labute approximate surface area is 119 Å². The first-order valence-electron chi connectivity index (χ1n) is 7.42. The number of carboxylic acids is 1. The van der Waals surface area contributed by atoms with E-state index in [9.17, 15) is 14.7 Å². The summed E-state index contributed by atoms with van der Waals surface area (Å²) < 4.78 is 0. The molecule has 2 saturated heterocycles. The molecule has 3 unspecified atom stereocenters. The van der Waals surface area contributed by atoms with Gasteiger partial charge in [-0.15, -0.1) is 0 Å². The quantitative estimate of drug-likeness (QED) is 0.810. The largest absolute Gasteiger partial charge is 0.480 e. The van der Waals surface area contributed by atoms with Gasteiger partial charge < -0.3 is 20.0 Å². The summed E-state index contributed by atoms with van der Waals surface area (Å²) in [5, 5.41) is 18.3. The molecule has 2 fully saturated rings. The fraction of sp³-hybridized carbons (Fsp3) is 0.857. The highest BCUT2D eigenvalue weighted by Gasteiger charge is 2.38. The maximum atomic E-state index is 12.5. The summed E-state index contributed by atoms with van der Waals surface area (Å²) in [6.45, 7) is 4.01. The van der Waals surface area contributed by atoms with Crippen molar-refractivity contribution >= 4 is 12.0 Å². The standard InChI is InChI=1S/C14H24N2O4/c1-10-2-6-16(12(8-10)13(18)19)14(20)15-5-3-11(9-15)4-7-17/h10-12,17H,2-9H2,1H3,(H,18,19). The molecule has 20 heavy (non-hydrogen) atoms. The van der Waals surface area contributed by atoms with E-state index in [1.165, 1.54) is 4.90 Å². The number of piperidine rings is 1. The molecule has 0 aromatic heterocycles. The molecule has 0 aliphatic carbocycles. The Morgan fingerprint density at radius 1 is 1.25 bits per heavy atom. The molecule has 0 aromatic rings. The Morgan fingerprint density at radius 3 is 2.65 bits per heavy atom. The summed E-state index contributed by atoms with van der Waals surface area (Å²) in [6.07, 6.45) is 3.01. The summed E-state index contributed by atoms with van der Waals surface area (Å²) in [5.41, 5.74) is 0. The maximum Gasteiger partial charge on any atom is 0.326 e. The van der Waals surface area contributed by atoms with Crippen LogP contribution in [-0.2, 0) is 4.79 Å². The average Bonchev–Trinajstić information content (AvgIpc) is 2.87. The van der Waals surface area contributed by atoms with Crippen molar-refractivity contribution in [3.05, 3.63) is 0 Å². The fourth-order valence-corrected chi connectivity index (χ4v) is 3.21. The van der Waals surface area contributed by atoms with Crippen molar-refractivity contribution in [1.82, 2.24) is 9.80 Å². The van der Waals surface area contributed by atoms with Gasteiger partial charge in [0.05, 0.1) is 0 Å². The van der Waals surface area contributed by atoms with E-state index in [0.29, 0.717) is 44.3 Å². The number of hydrogen-bond acceptors (Lipinski definition) is 3. The van der Waals surface area contributed by atoms with Crippen molar-refractivity contribution in [3.63, 3.8) is 0 Å². The number of likely N-dealkylation sites (tertiary alicyclic amines) is 2. The first-order valence-corrected chi connectivity index (χ1v) is 7.42. The lowest BCUT2D eigenvalue weighted by atomic mass is 9.93. The molecule has 0 saturated carbocycles. The Morgan fingerprint density at radius 2 is 2.00 bits per heavy atom. The maximum absolute atomic E-state index is 12.5. The van der Waals surface area contributed by atoms with Crippen LogP contribution in [0.2, 0.25) is 0 Å². The zero-order valence-corrected chi connectivity index (χ0v) is 12.0. The lowest BCUT2D eigenvalue weighted by Gasteiger charge is -2.38. The fourth-order valence-electron chi connectivity index (χ4n) is 3.21. The third-order valence-corrected chi connectivity index (χ3v) is 4.49. The highest BCUT2D eigenvalue weighted by Crippen LogP contribution is 2.26. The zero-order valence-electron chi connectivity index (χ0n) is 12.0. The Bertz CT molecular complexity index is 374. The van der Waals surface area contributed by atoms with Gasteiger partial charge in [-0.25, -0.2) is 9.59 Å². The van der Waals surface area contributed by atoms with E-state index in [4.69, 9.17) is 5.11 Å². The predicted octanol–water partition coefficient (Wildman–Crippen LogP) is 0.996. The van der Waals surface area contributed by atoms with Gasteiger partial charge in [-0.05, 0) is 37.5 Å². The highest BCUT2D eigenvalue weighted by atomic mass is 16.4. The summed E-state index contributed by atoms with van der Waals surface area (Å²) in [7, 11) is 0. The second kappa shape index (κ2) is 6.43. The summed E-state index contributed by atoms with van der Waals surface area (Å²) in [6, 6.07) is -0.840. The van der Waals surface area contributed by atoms with Crippen molar-refractivity contribution in [2.45, 2.75) is 38.6 Å². The number of carboxylic acid groups (broad SMARTS) is 1. The van der Waals surface area contributed by atoms with Crippen LogP contribution in [0.5, 0.6) is 0 Å². The van der Waals surface area contributed by atoms with Crippen molar-refractivity contribution < 1.29 is 19.8 Å². The number of aliphatic carboxylic acids is 1. The first-order chi connectivity index (χ1) is 9.52. The molecule has 114 valence electrons. The van der Waals surface area contributed by atoms with Gasteiger partial charge in [0.25, 0.3) is 0 Å². The molecule has 0 spiro atoms. The SMILES string of the molecule is CC1CCN(C(=O)N2CCC(CCO)C2)C(C(=O)O)C1. The number of rotatable bonds is 3. The van der Waals surface area contributed by atoms with Crippen LogP contribution >= 0.6 is 0 Å². The Hall–Kier alpha value is -1.30. The molecule has 6 heteroatoms. The van der Waals surface area contributed by atoms with E-state index < -0.39 is 12.0 Å². The van der Waals surface area contributed by atoms with E-state index >= 15 is 0 Å². The third-order valence-electron chi connectivity index (χ3n) is 4.49. The van der Waals surface area contributed by atoms with Crippen LogP contribution < -0.4 is 0 Å². The number of aliphatic hydroxyl groups is 1. The number of carbonyl (C=O) groups excluding carboxylic acids is 1. The van der Waals surface area contributed by atoms with Crippen molar-refractivity contribution in [2.75, 3.05) is 26.2 Å². The normalized spacial score (nSPS) is 30.6. The molecule has 6 nitrogen and oxygen atoms in total. The second-order valence-electron chi connectivity index (χ2n) is 6.07. The minimum atomic E-state index is -0.906. The molecule has 2 aliphatic heterocycles. The molecule has 2 N–H and O–H groups in total. The van der Waals surface area contributed by atoms with Crippen molar-refractivity contribution in [3.8, 4) is 0 Å². The van der Waals surface area contributed by atoms with Crippen LogP contribution in [-0.4, -0.2) is 64.3 Å². The molecule has 3 atom stereocenters. The Kier molecular flexibility index (Phi) is 4.86. The number of hydrogen-bond donors (Lipinski definition) is 2. The number of urea groups is 1. The highest BCUT2D eigenvalue weighted by molar-refractivity contribution is 5.83. The van der Waals surface area contributed by atoms with Crippen LogP contribution in [0.1, 0.15) is 32.6 Å². The summed E-state index contributed by atoms with van der Waals surface area (Å²) >= 11 is 0. The number of nitrogens with zero attached hydrogens (tertiary/aromatic N) is 2. The van der Waals surface area contributed by atoms with Crippen LogP contribution in [0.15, 0.2) is 0 Å². The minimum absolute atomic E-state index is 0.145. The summed E-state index contributed by atoms with van der Waals surface area (Å²) in [4.78, 5) is 27.1. The van der Waals surface area contributed by atoms with Gasteiger partial charge in [-0.3, -0.25) is 0 Å². The van der Waals surface area contributed by atoms with Gasteiger partial charge in [-0.2, -0.15) is 0 Å². The van der Waals surface area contributed by atoms with E-state index in [1.807, 2.05) is 6.92 Å². The van der Waals surface area contributed by atoms with E-state index in [2.05, 4.69) is 0 Å². The van der Waals surface area contributed by atoms with Crippen molar-refractivity contribution in [1.29, 1.82) is 0 Å². The molecular formula is C14H24N2O4. The van der Waals surface area contributed by atoms with E-state index in [1.54, 1.807) is 4.90 Å². The van der Waals surface area contributed by atoms with Gasteiger partial charge in [-0.1, -0.05) is 6.92 Å². The van der Waals surface area contributed by atoms with Gasteiger partial charge in [0.2, 0.25) is 0 Å². The topological polar surface area (TPSA) is 81.1 Å². The van der Waals surface area contributed by atoms with Crippen LogP contribution in [0.25, 0.3) is 0 Å². The number of amides is 2. The number of carbonyl (C=O) groups is 2. The van der Waals surface area contributed by atoms with E-state index in [0.717, 1.165) is 12.8 Å². The van der Waals surface area contributed by atoms with Gasteiger partial charge >= 0.3 is 12.0 Å². The summed E-state index contributed by atoms with van der Waals surface area (Å²) in [5.74, 6) is -0.215. The average molecular weight is 284 g/mol. The Balaban J connectivity index is 1.99. The predicted molar refractivity (Wildman–Crippen MR) is 73.3 cm³/mol. The minimum Gasteiger partial charge on any atom is -0.480 e. The monoisotopic (exact) mass is 284 g/mol. The molecular weight excluding hydrogens is 260 g/mol. The van der Waals surface area contributed by atoms with Gasteiger partial charge in [0.15, 0.2) is 0 Å². The molecule has 2 aliphatic rings. The second-order valence-corrected chi connectivity index (χ2v) is 6.07. The molecule has 0 aromatic carbocycles. The molecule has 0 bridgehead atoms. The molecule has 2 heterocycles. The smallest absolute Gasteiger partial charge is 0.326 e. The van der Waals surface area contributed by atoms with Crippen LogP contribution in [0.4, 0.5) is 4.79 Å². The van der Waals surface area contributed by atoms with Crippen LogP contribution in [0, 0.1) is 11.8 Å². The number of aliphatic hydroxyl groups excluding tert-OH is 1. The van der Waals surface area contributed by atoms with Crippen molar-refractivity contribution in [2.24, 2.45) is 11.8 Å². The molecule has 2 rings (SSSR count). The third kappa shape index (κ3) is 3.23. The van der Waals surface area contributed by atoms with Gasteiger partial charge in [0.1, 0.15) is 6.04 Å². The zero-order chi connectivity index (χ0) is 14.7. The lowest BCUT2D eigenvalue weighted by Crippen LogP contribution is -2.54. The first kappa shape index (κ1) is 15.1. The lowest BCUT2D eigenvalue weighted by molar-refractivity contribution is -0.144. The van der Waals surface area contributed by atoms with Gasteiger partial charge in [0, 0.05) is 26.2 Å². The van der Waals surface area contributed by atoms with E-state index in [-0.39, 0.29) is 12.6 Å². The molecule has 0 radical (unpaired) electrons.